The Morgan fingerprint density at radius 1 is 1.24 bits per heavy atom. The summed E-state index contributed by atoms with van der Waals surface area (Å²) in [6, 6.07) is -1.92. The van der Waals surface area contributed by atoms with Crippen molar-refractivity contribution in [3.63, 3.8) is 0 Å². The van der Waals surface area contributed by atoms with Gasteiger partial charge < -0.3 is 5.32 Å². The van der Waals surface area contributed by atoms with Gasteiger partial charge in [0.25, 0.3) is 0 Å². The summed E-state index contributed by atoms with van der Waals surface area (Å²) in [7, 11) is 0. The molecule has 100 valence electrons. The molecule has 0 fully saturated rings. The minimum absolute atomic E-state index is 0.0771. The molecule has 0 spiro atoms. The Balaban J connectivity index is 2.95. The molecule has 0 radical (unpaired) electrons. The molecule has 1 unspecified atom stereocenters. The minimum atomic E-state index is -5.52. The lowest BCUT2D eigenvalue weighted by molar-refractivity contribution is -0.289. The molecule has 6 heteroatoms. The number of nitrogens with one attached hydrogen (secondary N) is 1. The highest BCUT2D eigenvalue weighted by molar-refractivity contribution is 5.18. The summed E-state index contributed by atoms with van der Waals surface area (Å²) in [6.07, 6.45) is -1.61. The Kier molecular flexibility index (Phi) is 4.52. The van der Waals surface area contributed by atoms with Crippen LogP contribution in [-0.2, 0) is 0 Å². The van der Waals surface area contributed by atoms with Crippen LogP contribution >= 0.6 is 0 Å². The first-order chi connectivity index (χ1) is 7.80. The molecule has 0 aliphatic heterocycles. The van der Waals surface area contributed by atoms with E-state index in [1.54, 1.807) is 0 Å². The third-order valence-electron chi connectivity index (χ3n) is 2.85. The van der Waals surface area contributed by atoms with Crippen molar-refractivity contribution >= 4 is 0 Å². The van der Waals surface area contributed by atoms with E-state index in [1.807, 2.05) is 0 Å². The second-order valence-electron chi connectivity index (χ2n) is 4.14. The highest BCUT2D eigenvalue weighted by Crippen LogP contribution is 2.41. The van der Waals surface area contributed by atoms with Crippen LogP contribution in [0.15, 0.2) is 11.6 Å². The largest absolute Gasteiger partial charge is 0.455 e. The maximum atomic E-state index is 13.3. The maximum Gasteiger partial charge on any atom is 0.455 e. The van der Waals surface area contributed by atoms with Crippen LogP contribution in [0.2, 0.25) is 0 Å². The number of rotatable bonds is 4. The lowest BCUT2D eigenvalue weighted by atomic mass is 9.90. The fourth-order valence-electron chi connectivity index (χ4n) is 1.99. The smallest absolute Gasteiger partial charge is 0.305 e. The Morgan fingerprint density at radius 3 is 2.29 bits per heavy atom. The number of halogens is 5. The zero-order valence-electron chi connectivity index (χ0n) is 9.58. The van der Waals surface area contributed by atoms with Gasteiger partial charge in [0, 0.05) is 0 Å². The molecule has 0 amide bonds. The average Bonchev–Trinajstić information content (AvgIpc) is 2.25. The van der Waals surface area contributed by atoms with Crippen LogP contribution in [0.25, 0.3) is 0 Å². The van der Waals surface area contributed by atoms with Gasteiger partial charge in [-0.05, 0) is 32.2 Å². The molecule has 1 N–H and O–H groups in total. The van der Waals surface area contributed by atoms with Crippen LogP contribution in [0.5, 0.6) is 0 Å². The Hall–Kier alpha value is -0.650. The van der Waals surface area contributed by atoms with Crippen molar-refractivity contribution in [1.82, 2.24) is 5.32 Å². The van der Waals surface area contributed by atoms with Crippen LogP contribution in [0, 0.1) is 0 Å². The maximum absolute atomic E-state index is 13.3. The SMILES string of the molecule is CCNC(C1=CCCCC1)C(F)(F)C(F)(F)F. The van der Waals surface area contributed by atoms with Gasteiger partial charge in [-0.15, -0.1) is 0 Å². The fourth-order valence-corrected chi connectivity index (χ4v) is 1.99. The van der Waals surface area contributed by atoms with Gasteiger partial charge >= 0.3 is 12.1 Å². The van der Waals surface area contributed by atoms with E-state index in [2.05, 4.69) is 5.32 Å². The predicted octanol–water partition coefficient (Wildman–Crippen LogP) is 3.66. The quantitative estimate of drug-likeness (QED) is 0.598. The molecular weight excluding hydrogens is 241 g/mol. The number of hydrogen-bond donors (Lipinski definition) is 1. The Labute approximate surface area is 97.1 Å². The molecule has 0 heterocycles. The van der Waals surface area contributed by atoms with Gasteiger partial charge in [0.2, 0.25) is 0 Å². The molecule has 0 aromatic rings. The van der Waals surface area contributed by atoms with Crippen molar-refractivity contribution in [1.29, 1.82) is 0 Å². The van der Waals surface area contributed by atoms with Crippen molar-refractivity contribution in [2.75, 3.05) is 6.54 Å². The summed E-state index contributed by atoms with van der Waals surface area (Å²) in [6.45, 7) is 1.59. The highest BCUT2D eigenvalue weighted by Gasteiger charge is 2.62. The van der Waals surface area contributed by atoms with Gasteiger partial charge in [-0.25, -0.2) is 0 Å². The Bertz CT molecular complexity index is 282. The molecule has 17 heavy (non-hydrogen) atoms. The van der Waals surface area contributed by atoms with Gasteiger partial charge in [-0.3, -0.25) is 0 Å². The van der Waals surface area contributed by atoms with Gasteiger partial charge in [-0.2, -0.15) is 22.0 Å². The monoisotopic (exact) mass is 257 g/mol. The lowest BCUT2D eigenvalue weighted by Crippen LogP contribution is -2.54. The van der Waals surface area contributed by atoms with E-state index in [0.29, 0.717) is 19.3 Å². The predicted molar refractivity (Wildman–Crippen MR) is 55.0 cm³/mol. The number of likely N-dealkylation sites (N-methyl/N-ethyl adjacent to an activating group) is 1. The molecule has 0 aromatic carbocycles. The molecule has 0 aromatic heterocycles. The summed E-state index contributed by atoms with van der Waals surface area (Å²) < 4.78 is 63.7. The zero-order valence-corrected chi connectivity index (χ0v) is 9.58. The summed E-state index contributed by atoms with van der Waals surface area (Å²) in [5.74, 6) is -4.72. The topological polar surface area (TPSA) is 12.0 Å². The van der Waals surface area contributed by atoms with Crippen LogP contribution < -0.4 is 5.32 Å². The first kappa shape index (κ1) is 14.4. The summed E-state index contributed by atoms with van der Waals surface area (Å²) >= 11 is 0. The van der Waals surface area contributed by atoms with Gasteiger partial charge in [0.15, 0.2) is 0 Å². The third-order valence-corrected chi connectivity index (χ3v) is 2.85. The normalized spacial score (nSPS) is 20.0. The van der Waals surface area contributed by atoms with Crippen LogP contribution in [0.1, 0.15) is 32.6 Å². The van der Waals surface area contributed by atoms with E-state index in [-0.39, 0.29) is 12.1 Å². The van der Waals surface area contributed by atoms with Gasteiger partial charge in [0.1, 0.15) is 6.04 Å². The van der Waals surface area contributed by atoms with E-state index in [0.717, 1.165) is 6.42 Å². The molecule has 1 nitrogen and oxygen atoms in total. The van der Waals surface area contributed by atoms with Gasteiger partial charge in [-0.1, -0.05) is 18.6 Å². The summed E-state index contributed by atoms with van der Waals surface area (Å²) in [5.41, 5.74) is 0.181. The van der Waals surface area contributed by atoms with Crippen molar-refractivity contribution in [2.24, 2.45) is 0 Å². The van der Waals surface area contributed by atoms with E-state index in [1.165, 1.54) is 13.0 Å². The standard InChI is InChI=1S/C11H16F5N/c1-2-17-9(8-6-4-3-5-7-8)10(12,13)11(14,15)16/h6,9,17H,2-5,7H2,1H3. The third kappa shape index (κ3) is 3.18. The van der Waals surface area contributed by atoms with Crippen LogP contribution in [0.4, 0.5) is 22.0 Å². The number of allylic oxidation sites excluding steroid dienone is 1. The number of hydrogen-bond acceptors (Lipinski definition) is 1. The molecule has 1 rings (SSSR count). The molecule has 1 atom stereocenters. The summed E-state index contributed by atoms with van der Waals surface area (Å²) in [4.78, 5) is 0. The van der Waals surface area contributed by atoms with Gasteiger partial charge in [0.05, 0.1) is 0 Å². The number of alkyl halides is 5. The first-order valence-corrected chi connectivity index (χ1v) is 5.67. The molecule has 0 saturated heterocycles. The molecule has 1 aliphatic carbocycles. The fraction of sp³-hybridized carbons (Fsp3) is 0.818. The van der Waals surface area contributed by atoms with Crippen molar-refractivity contribution in [3.8, 4) is 0 Å². The van der Waals surface area contributed by atoms with E-state index in [9.17, 15) is 22.0 Å². The summed E-state index contributed by atoms with van der Waals surface area (Å²) in [5, 5.41) is 2.26. The molecule has 1 aliphatic rings. The molecular formula is C11H16F5N. The van der Waals surface area contributed by atoms with Crippen molar-refractivity contribution in [3.05, 3.63) is 11.6 Å². The molecule has 0 bridgehead atoms. The van der Waals surface area contributed by atoms with Crippen LogP contribution in [0.3, 0.4) is 0 Å². The zero-order chi connectivity index (χ0) is 13.1. The lowest BCUT2D eigenvalue weighted by Gasteiger charge is -2.32. The second kappa shape index (κ2) is 5.33. The minimum Gasteiger partial charge on any atom is -0.305 e. The van der Waals surface area contributed by atoms with Crippen molar-refractivity contribution < 1.29 is 22.0 Å². The van der Waals surface area contributed by atoms with E-state index >= 15 is 0 Å². The highest BCUT2D eigenvalue weighted by atomic mass is 19.4. The first-order valence-electron chi connectivity index (χ1n) is 5.67. The van der Waals surface area contributed by atoms with Crippen molar-refractivity contribution in [2.45, 2.75) is 50.7 Å². The van der Waals surface area contributed by atoms with E-state index < -0.39 is 18.1 Å². The Morgan fingerprint density at radius 2 is 1.88 bits per heavy atom. The second-order valence-corrected chi connectivity index (χ2v) is 4.14. The molecule has 0 saturated carbocycles. The van der Waals surface area contributed by atoms with Crippen LogP contribution in [-0.4, -0.2) is 24.7 Å². The average molecular weight is 257 g/mol. The van der Waals surface area contributed by atoms with E-state index in [4.69, 9.17) is 0 Å².